The quantitative estimate of drug-likeness (QED) is 0.482. The van der Waals surface area contributed by atoms with E-state index in [-0.39, 0.29) is 10.6 Å². The highest BCUT2D eigenvalue weighted by molar-refractivity contribution is 7.98. The Bertz CT molecular complexity index is 602. The summed E-state index contributed by atoms with van der Waals surface area (Å²) in [5.74, 6) is 0.506. The molecule has 5 nitrogen and oxygen atoms in total. The Morgan fingerprint density at radius 2 is 2.00 bits per heavy atom. The summed E-state index contributed by atoms with van der Waals surface area (Å²) in [5, 5.41) is 11.0. The molecule has 2 aromatic rings. The average Bonchev–Trinajstić information content (AvgIpc) is 2.48. The summed E-state index contributed by atoms with van der Waals surface area (Å²) in [7, 11) is 1.83. The van der Waals surface area contributed by atoms with Crippen LogP contribution in [-0.4, -0.2) is 18.2 Å². The number of nitrogens with one attached hydrogen (secondary N) is 1. The molecule has 1 aromatic heterocycles. The van der Waals surface area contributed by atoms with Crippen molar-refractivity contribution in [2.45, 2.75) is 11.4 Å². The molecule has 0 radical (unpaired) electrons. The number of nitrogens with zero attached hydrogens (tertiary/aromatic N) is 2. The summed E-state index contributed by atoms with van der Waals surface area (Å²) < 4.78 is 0. The first-order valence-electron chi connectivity index (χ1n) is 6.11. The third kappa shape index (κ3) is 3.27. The van der Waals surface area contributed by atoms with Crippen molar-refractivity contribution in [3.8, 4) is 0 Å². The Labute approximate surface area is 121 Å². The number of aromatic amines is 1. The monoisotopic (exact) mass is 290 g/mol. The molecule has 0 aliphatic heterocycles. The van der Waals surface area contributed by atoms with E-state index in [2.05, 4.69) is 17.1 Å². The van der Waals surface area contributed by atoms with E-state index in [1.54, 1.807) is 24.0 Å². The normalized spacial score (nSPS) is 10.3. The number of nitro groups is 1. The number of rotatable bonds is 5. The Balaban J connectivity index is 2.19. The maximum absolute atomic E-state index is 11.0. The van der Waals surface area contributed by atoms with Gasteiger partial charge < -0.3 is 0 Å². The average molecular weight is 290 g/mol. The van der Waals surface area contributed by atoms with Crippen molar-refractivity contribution in [2.75, 3.05) is 18.2 Å². The van der Waals surface area contributed by atoms with Crippen LogP contribution in [0.5, 0.6) is 0 Å². The van der Waals surface area contributed by atoms with Gasteiger partial charge in [-0.15, -0.1) is 11.8 Å². The van der Waals surface area contributed by atoms with E-state index < -0.39 is 0 Å². The third-order valence-corrected chi connectivity index (χ3v) is 3.71. The van der Waals surface area contributed by atoms with Gasteiger partial charge in [-0.1, -0.05) is 12.1 Å². The maximum atomic E-state index is 11.0. The molecule has 0 bridgehead atoms. The molecular formula is C14H16N3O2S+. The Kier molecular flexibility index (Phi) is 4.57. The molecule has 104 valence electrons. The topological polar surface area (TPSA) is 60.5 Å². The zero-order valence-corrected chi connectivity index (χ0v) is 12.2. The fraction of sp³-hybridized carbons (Fsp3) is 0.214. The van der Waals surface area contributed by atoms with E-state index >= 15 is 0 Å². The van der Waals surface area contributed by atoms with E-state index in [0.717, 1.165) is 5.56 Å². The largest absolute Gasteiger partial charge is 0.357 e. The maximum Gasteiger partial charge on any atom is 0.357 e. The van der Waals surface area contributed by atoms with E-state index in [1.807, 2.05) is 30.3 Å². The van der Waals surface area contributed by atoms with E-state index in [9.17, 15) is 10.1 Å². The number of pyridine rings is 1. The second-order valence-corrected chi connectivity index (χ2v) is 5.24. The molecule has 1 aromatic carbocycles. The molecule has 0 fully saturated rings. The Morgan fingerprint density at radius 3 is 2.60 bits per heavy atom. The molecule has 1 heterocycles. The predicted molar refractivity (Wildman–Crippen MR) is 80.0 cm³/mol. The Hall–Kier alpha value is -2.08. The van der Waals surface area contributed by atoms with Crippen LogP contribution < -0.4 is 9.88 Å². The van der Waals surface area contributed by atoms with Crippen molar-refractivity contribution >= 4 is 23.3 Å². The minimum Gasteiger partial charge on any atom is -0.258 e. The summed E-state index contributed by atoms with van der Waals surface area (Å²) in [6.45, 7) is 0.607. The number of H-pyrrole nitrogens is 1. The summed E-state index contributed by atoms with van der Waals surface area (Å²) in [6, 6.07) is 11.3. The predicted octanol–water partition coefficient (Wildman–Crippen LogP) is 2.77. The Morgan fingerprint density at radius 1 is 1.30 bits per heavy atom. The molecule has 0 aliphatic carbocycles. The minimum atomic E-state index is -0.376. The van der Waals surface area contributed by atoms with Crippen LogP contribution in [0.4, 0.5) is 11.5 Å². The fourth-order valence-corrected chi connectivity index (χ4v) is 2.36. The molecule has 0 spiro atoms. The number of benzene rings is 1. The smallest absolute Gasteiger partial charge is 0.258 e. The first-order chi connectivity index (χ1) is 9.61. The highest BCUT2D eigenvalue weighted by Crippen LogP contribution is 2.23. The van der Waals surface area contributed by atoms with Gasteiger partial charge in [-0.3, -0.25) is 15.0 Å². The van der Waals surface area contributed by atoms with Crippen LogP contribution in [0, 0.1) is 10.1 Å². The van der Waals surface area contributed by atoms with Gasteiger partial charge in [0.05, 0.1) is 18.2 Å². The van der Waals surface area contributed by atoms with Crippen LogP contribution in [0.2, 0.25) is 0 Å². The number of aromatic nitrogens is 1. The molecule has 6 heteroatoms. The molecule has 0 atom stereocenters. The van der Waals surface area contributed by atoms with Gasteiger partial charge in [0, 0.05) is 11.0 Å². The van der Waals surface area contributed by atoms with Gasteiger partial charge in [0.15, 0.2) is 0 Å². The highest BCUT2D eigenvalue weighted by Gasteiger charge is 2.24. The van der Waals surface area contributed by atoms with Crippen molar-refractivity contribution in [2.24, 2.45) is 0 Å². The van der Waals surface area contributed by atoms with Crippen LogP contribution in [0.15, 0.2) is 47.5 Å². The molecule has 0 aliphatic rings. The summed E-state index contributed by atoms with van der Waals surface area (Å²) in [4.78, 5) is 16.6. The minimum absolute atomic E-state index is 0.0794. The highest BCUT2D eigenvalue weighted by atomic mass is 32.2. The molecule has 2 rings (SSSR count). The molecule has 0 saturated carbocycles. The van der Waals surface area contributed by atoms with Crippen molar-refractivity contribution in [1.29, 1.82) is 0 Å². The fourth-order valence-electron chi connectivity index (χ4n) is 1.96. The van der Waals surface area contributed by atoms with Gasteiger partial charge in [0.25, 0.3) is 0 Å². The summed E-state index contributed by atoms with van der Waals surface area (Å²) in [5.41, 5.74) is 1.19. The first-order valence-corrected chi connectivity index (χ1v) is 7.33. The van der Waals surface area contributed by atoms with Crippen LogP contribution in [0.1, 0.15) is 5.56 Å². The summed E-state index contributed by atoms with van der Waals surface area (Å²) >= 11 is 1.69. The van der Waals surface area contributed by atoms with Crippen LogP contribution in [0.25, 0.3) is 0 Å². The van der Waals surface area contributed by atoms with Gasteiger partial charge in [0.1, 0.15) is 6.54 Å². The number of hydrogen-bond acceptors (Lipinski definition) is 4. The van der Waals surface area contributed by atoms with Crippen LogP contribution in [-0.2, 0) is 6.54 Å². The number of thioether (sulfide) groups is 1. The SMILES string of the molecule is CSc1ccc(CN(C)c2[nH+]cccc2[N+](=O)[O-])cc1. The van der Waals surface area contributed by atoms with E-state index in [0.29, 0.717) is 12.4 Å². The lowest BCUT2D eigenvalue weighted by Gasteiger charge is -2.11. The zero-order valence-electron chi connectivity index (χ0n) is 11.4. The van der Waals surface area contributed by atoms with Crippen molar-refractivity contribution in [1.82, 2.24) is 0 Å². The first kappa shape index (κ1) is 14.3. The van der Waals surface area contributed by atoms with Gasteiger partial charge in [-0.2, -0.15) is 0 Å². The lowest BCUT2D eigenvalue weighted by atomic mass is 10.2. The molecule has 1 N–H and O–H groups in total. The zero-order chi connectivity index (χ0) is 14.5. The standard InChI is InChI=1S/C14H15N3O2S/c1-16(10-11-5-7-12(20-2)8-6-11)14-13(17(18)19)4-3-9-15-14/h3-9H,10H2,1-2H3/p+1. The van der Waals surface area contributed by atoms with Crippen LogP contribution >= 0.6 is 11.8 Å². The van der Waals surface area contributed by atoms with Gasteiger partial charge >= 0.3 is 11.5 Å². The van der Waals surface area contributed by atoms with Crippen molar-refractivity contribution in [3.05, 3.63) is 58.3 Å². The molecule has 0 amide bonds. The second-order valence-electron chi connectivity index (χ2n) is 4.37. The molecule has 0 unspecified atom stereocenters. The molecule has 20 heavy (non-hydrogen) atoms. The number of anilines is 1. The van der Waals surface area contributed by atoms with E-state index in [4.69, 9.17) is 0 Å². The van der Waals surface area contributed by atoms with Gasteiger partial charge in [-0.05, 0) is 30.0 Å². The van der Waals surface area contributed by atoms with Crippen molar-refractivity contribution in [3.63, 3.8) is 0 Å². The molecular weight excluding hydrogens is 274 g/mol. The lowest BCUT2D eigenvalue weighted by molar-refractivity contribution is -0.411. The lowest BCUT2D eigenvalue weighted by Crippen LogP contribution is -2.25. The second kappa shape index (κ2) is 6.38. The molecule has 0 saturated heterocycles. The number of hydrogen-bond donors (Lipinski definition) is 0. The van der Waals surface area contributed by atoms with Crippen molar-refractivity contribution < 1.29 is 9.91 Å². The van der Waals surface area contributed by atoms with Crippen LogP contribution in [0.3, 0.4) is 0 Å². The van der Waals surface area contributed by atoms with Gasteiger partial charge in [-0.25, -0.2) is 4.98 Å². The third-order valence-electron chi connectivity index (χ3n) is 2.97. The van der Waals surface area contributed by atoms with Gasteiger partial charge in [0.2, 0.25) is 0 Å². The van der Waals surface area contributed by atoms with E-state index in [1.165, 1.54) is 11.0 Å². The summed E-state index contributed by atoms with van der Waals surface area (Å²) in [6.07, 6.45) is 3.72.